The number of amides is 2. The van der Waals surface area contributed by atoms with Gasteiger partial charge in [-0.05, 0) is 36.8 Å². The first-order valence-electron chi connectivity index (χ1n) is 9.11. The van der Waals surface area contributed by atoms with Gasteiger partial charge in [0.1, 0.15) is 12.3 Å². The zero-order valence-corrected chi connectivity index (χ0v) is 15.6. The molecule has 0 unspecified atom stereocenters. The van der Waals surface area contributed by atoms with Crippen LogP contribution in [0.25, 0.3) is 0 Å². The third-order valence-electron chi connectivity index (χ3n) is 4.51. The van der Waals surface area contributed by atoms with Gasteiger partial charge in [0.15, 0.2) is 0 Å². The lowest BCUT2D eigenvalue weighted by atomic mass is 10.1. The van der Waals surface area contributed by atoms with Gasteiger partial charge in [0, 0.05) is 6.54 Å². The van der Waals surface area contributed by atoms with Crippen molar-refractivity contribution in [3.05, 3.63) is 59.7 Å². The number of aromatic hydroxyl groups is 1. The van der Waals surface area contributed by atoms with Crippen LogP contribution in [0.1, 0.15) is 29.3 Å². The van der Waals surface area contributed by atoms with Gasteiger partial charge in [-0.15, -0.1) is 0 Å². The highest BCUT2D eigenvalue weighted by Crippen LogP contribution is 2.27. The zero-order valence-electron chi connectivity index (χ0n) is 15.6. The van der Waals surface area contributed by atoms with Crippen LogP contribution in [0.15, 0.2) is 48.5 Å². The maximum Gasteiger partial charge on any atom is 0.307 e. The van der Waals surface area contributed by atoms with E-state index < -0.39 is 5.97 Å². The predicted molar refractivity (Wildman–Crippen MR) is 103 cm³/mol. The van der Waals surface area contributed by atoms with Crippen molar-refractivity contribution in [2.24, 2.45) is 0 Å². The SMILES string of the molecule is CCOC(=O)CCN1CC(=O)N(Cc2ccc(O)cc2)c2ccccc2C1=O. The molecule has 28 heavy (non-hydrogen) atoms. The Morgan fingerprint density at radius 1 is 1.11 bits per heavy atom. The second-order valence-electron chi connectivity index (χ2n) is 6.45. The van der Waals surface area contributed by atoms with Gasteiger partial charge in [-0.3, -0.25) is 14.4 Å². The smallest absolute Gasteiger partial charge is 0.307 e. The Morgan fingerprint density at radius 3 is 2.54 bits per heavy atom. The number of ether oxygens (including phenoxy) is 1. The van der Waals surface area contributed by atoms with E-state index in [4.69, 9.17) is 4.74 Å². The lowest BCUT2D eigenvalue weighted by molar-refractivity contribution is -0.143. The number of esters is 1. The quantitative estimate of drug-likeness (QED) is 0.775. The molecule has 7 heteroatoms. The number of benzene rings is 2. The summed E-state index contributed by atoms with van der Waals surface area (Å²) in [7, 11) is 0. The number of phenols is 1. The van der Waals surface area contributed by atoms with Gasteiger partial charge in [0.2, 0.25) is 5.91 Å². The normalized spacial score (nSPS) is 13.9. The van der Waals surface area contributed by atoms with Gasteiger partial charge in [0.25, 0.3) is 5.91 Å². The highest BCUT2D eigenvalue weighted by Gasteiger charge is 2.31. The average Bonchev–Trinajstić information content (AvgIpc) is 2.79. The molecule has 0 radical (unpaired) electrons. The van der Waals surface area contributed by atoms with Crippen LogP contribution in [0.3, 0.4) is 0 Å². The number of fused-ring (bicyclic) bond motifs is 1. The van der Waals surface area contributed by atoms with Crippen molar-refractivity contribution in [1.29, 1.82) is 0 Å². The molecule has 1 heterocycles. The molecule has 0 aromatic heterocycles. The van der Waals surface area contributed by atoms with Gasteiger partial charge < -0.3 is 19.6 Å². The van der Waals surface area contributed by atoms with Crippen LogP contribution < -0.4 is 4.90 Å². The lowest BCUT2D eigenvalue weighted by Gasteiger charge is -2.23. The second kappa shape index (κ2) is 8.56. The van der Waals surface area contributed by atoms with E-state index in [9.17, 15) is 19.5 Å². The van der Waals surface area contributed by atoms with Crippen molar-refractivity contribution in [3.8, 4) is 5.75 Å². The number of phenolic OH excluding ortho intramolecular Hbond substituents is 1. The van der Waals surface area contributed by atoms with Crippen molar-refractivity contribution in [2.45, 2.75) is 19.9 Å². The van der Waals surface area contributed by atoms with E-state index in [1.54, 1.807) is 60.4 Å². The largest absolute Gasteiger partial charge is 0.508 e. The first-order valence-corrected chi connectivity index (χ1v) is 9.11. The Labute approximate surface area is 163 Å². The minimum absolute atomic E-state index is 0.0347. The van der Waals surface area contributed by atoms with E-state index in [2.05, 4.69) is 0 Å². The summed E-state index contributed by atoms with van der Waals surface area (Å²) in [5.74, 6) is -0.787. The summed E-state index contributed by atoms with van der Waals surface area (Å²) in [5, 5.41) is 9.46. The molecular formula is C21H22N2O5. The molecule has 0 bridgehead atoms. The number of rotatable bonds is 6. The Bertz CT molecular complexity index is 879. The minimum Gasteiger partial charge on any atom is -0.508 e. The molecule has 0 saturated carbocycles. The first-order chi connectivity index (χ1) is 13.5. The number of carbonyl (C=O) groups is 3. The van der Waals surface area contributed by atoms with Crippen molar-refractivity contribution >= 4 is 23.5 Å². The number of hydrogen-bond donors (Lipinski definition) is 1. The van der Waals surface area contributed by atoms with Crippen molar-refractivity contribution in [2.75, 3.05) is 24.6 Å². The summed E-state index contributed by atoms with van der Waals surface area (Å²) < 4.78 is 4.91. The topological polar surface area (TPSA) is 87.2 Å². The van der Waals surface area contributed by atoms with Crippen LogP contribution >= 0.6 is 0 Å². The summed E-state index contributed by atoms with van der Waals surface area (Å²) in [6, 6.07) is 13.5. The molecule has 2 amide bonds. The number of nitrogens with zero attached hydrogens (tertiary/aromatic N) is 2. The standard InChI is InChI=1S/C21H22N2O5/c1-2-28-20(26)11-12-22-14-19(25)23(13-15-7-9-16(24)10-8-15)18-6-4-3-5-17(18)21(22)27/h3-10,24H,2,11-14H2,1H3. The Hall–Kier alpha value is -3.35. The molecule has 0 spiro atoms. The molecule has 1 aliphatic heterocycles. The second-order valence-corrected chi connectivity index (χ2v) is 6.45. The Morgan fingerprint density at radius 2 is 1.82 bits per heavy atom. The van der Waals surface area contributed by atoms with Gasteiger partial charge in [-0.2, -0.15) is 0 Å². The van der Waals surface area contributed by atoms with Crippen molar-refractivity contribution in [3.63, 3.8) is 0 Å². The number of hydrogen-bond acceptors (Lipinski definition) is 5. The third-order valence-corrected chi connectivity index (χ3v) is 4.51. The van der Waals surface area contributed by atoms with E-state index >= 15 is 0 Å². The van der Waals surface area contributed by atoms with Gasteiger partial charge in [-0.25, -0.2) is 0 Å². The van der Waals surface area contributed by atoms with Crippen LogP contribution in [-0.2, 0) is 20.9 Å². The van der Waals surface area contributed by atoms with Crippen molar-refractivity contribution < 1.29 is 24.2 Å². The third kappa shape index (κ3) is 4.31. The molecule has 0 saturated heterocycles. The molecule has 2 aromatic rings. The van der Waals surface area contributed by atoms with E-state index in [1.807, 2.05) is 0 Å². The number of carbonyl (C=O) groups excluding carboxylic acids is 3. The number of para-hydroxylation sites is 1. The number of anilines is 1. The summed E-state index contributed by atoms with van der Waals surface area (Å²) in [4.78, 5) is 40.5. The maximum atomic E-state index is 13.0. The van der Waals surface area contributed by atoms with Crippen LogP contribution in [-0.4, -0.2) is 47.5 Å². The average molecular weight is 382 g/mol. The summed E-state index contributed by atoms with van der Waals surface area (Å²) in [6.45, 7) is 2.26. The Balaban J connectivity index is 1.86. The molecule has 0 atom stereocenters. The fourth-order valence-corrected chi connectivity index (χ4v) is 3.11. The maximum absolute atomic E-state index is 13.0. The van der Waals surface area contributed by atoms with Gasteiger partial charge in [-0.1, -0.05) is 24.3 Å². The molecular weight excluding hydrogens is 360 g/mol. The monoisotopic (exact) mass is 382 g/mol. The highest BCUT2D eigenvalue weighted by atomic mass is 16.5. The molecule has 0 fully saturated rings. The van der Waals surface area contributed by atoms with E-state index in [-0.39, 0.29) is 50.2 Å². The summed E-state index contributed by atoms with van der Waals surface area (Å²) >= 11 is 0. The molecule has 2 aromatic carbocycles. The van der Waals surface area contributed by atoms with E-state index in [0.29, 0.717) is 11.3 Å². The van der Waals surface area contributed by atoms with Crippen LogP contribution in [0, 0.1) is 0 Å². The minimum atomic E-state index is -0.402. The Kier molecular flexibility index (Phi) is 5.93. The summed E-state index contributed by atoms with van der Waals surface area (Å²) in [6.07, 6.45) is 0.0347. The molecule has 146 valence electrons. The molecule has 7 nitrogen and oxygen atoms in total. The van der Waals surface area contributed by atoms with Crippen LogP contribution in [0.2, 0.25) is 0 Å². The van der Waals surface area contributed by atoms with Crippen molar-refractivity contribution in [1.82, 2.24) is 4.90 Å². The molecule has 3 rings (SSSR count). The molecule has 1 N–H and O–H groups in total. The highest BCUT2D eigenvalue weighted by molar-refractivity contribution is 6.09. The van der Waals surface area contributed by atoms with E-state index in [1.165, 1.54) is 4.90 Å². The predicted octanol–water partition coefficient (Wildman–Crippen LogP) is 2.33. The van der Waals surface area contributed by atoms with Crippen LogP contribution in [0.5, 0.6) is 5.75 Å². The lowest BCUT2D eigenvalue weighted by Crippen LogP contribution is -2.40. The first kappa shape index (κ1) is 19.4. The fraction of sp³-hybridized carbons (Fsp3) is 0.286. The van der Waals surface area contributed by atoms with E-state index in [0.717, 1.165) is 5.56 Å². The summed E-state index contributed by atoms with van der Waals surface area (Å²) in [5.41, 5.74) is 1.77. The van der Waals surface area contributed by atoms with Crippen LogP contribution in [0.4, 0.5) is 5.69 Å². The molecule has 1 aliphatic rings. The fourth-order valence-electron chi connectivity index (χ4n) is 3.11. The van der Waals surface area contributed by atoms with Gasteiger partial charge in [0.05, 0.1) is 30.8 Å². The zero-order chi connectivity index (χ0) is 20.1. The molecule has 0 aliphatic carbocycles. The van der Waals surface area contributed by atoms with Gasteiger partial charge >= 0.3 is 5.97 Å².